The van der Waals surface area contributed by atoms with Gasteiger partial charge in [0, 0.05) is 23.6 Å². The second kappa shape index (κ2) is 7.75. The molecule has 0 radical (unpaired) electrons. The van der Waals surface area contributed by atoms with Gasteiger partial charge < -0.3 is 14.8 Å². The summed E-state index contributed by atoms with van der Waals surface area (Å²) < 4.78 is 12.5. The zero-order valence-corrected chi connectivity index (χ0v) is 17.3. The van der Waals surface area contributed by atoms with E-state index >= 15 is 0 Å². The summed E-state index contributed by atoms with van der Waals surface area (Å²) in [6.07, 6.45) is 3.80. The van der Waals surface area contributed by atoms with Gasteiger partial charge in [0.05, 0.1) is 36.9 Å². The van der Waals surface area contributed by atoms with Gasteiger partial charge in [-0.3, -0.25) is 4.79 Å². The molecule has 2 aromatic heterocycles. The summed E-state index contributed by atoms with van der Waals surface area (Å²) in [4.78, 5) is 17.6. The van der Waals surface area contributed by atoms with E-state index in [2.05, 4.69) is 10.3 Å². The molecule has 0 atom stereocenters. The molecule has 7 nitrogen and oxygen atoms in total. The van der Waals surface area contributed by atoms with Crippen molar-refractivity contribution >= 4 is 22.6 Å². The van der Waals surface area contributed by atoms with Gasteiger partial charge in [-0.15, -0.1) is 0 Å². The van der Waals surface area contributed by atoms with E-state index in [-0.39, 0.29) is 5.91 Å². The number of rotatable bonds is 6. The summed E-state index contributed by atoms with van der Waals surface area (Å²) >= 11 is 0. The minimum atomic E-state index is -0.268. The topological polar surface area (TPSA) is 78.3 Å². The van der Waals surface area contributed by atoms with Crippen LogP contribution in [0.5, 0.6) is 11.5 Å². The minimum Gasteiger partial charge on any atom is -0.497 e. The van der Waals surface area contributed by atoms with Crippen LogP contribution in [0.25, 0.3) is 16.7 Å². The number of benzene rings is 2. The van der Waals surface area contributed by atoms with Crippen molar-refractivity contribution in [3.8, 4) is 17.2 Å². The Bertz CT molecular complexity index is 1260. The van der Waals surface area contributed by atoms with Crippen LogP contribution in [-0.4, -0.2) is 34.9 Å². The smallest absolute Gasteiger partial charge is 0.257 e. The molecule has 31 heavy (non-hydrogen) atoms. The Morgan fingerprint density at radius 3 is 2.58 bits per heavy atom. The number of aromatic nitrogens is 3. The van der Waals surface area contributed by atoms with Crippen molar-refractivity contribution in [2.75, 3.05) is 19.5 Å². The van der Waals surface area contributed by atoms with E-state index in [9.17, 15) is 4.79 Å². The second-order valence-electron chi connectivity index (χ2n) is 7.52. The Kier molecular flexibility index (Phi) is 4.78. The van der Waals surface area contributed by atoms with Gasteiger partial charge in [-0.2, -0.15) is 5.10 Å². The number of methoxy groups -OCH3 is 2. The Morgan fingerprint density at radius 2 is 1.87 bits per heavy atom. The molecular weight excluding hydrogens is 392 g/mol. The number of fused-ring (bicyclic) bond motifs is 1. The Hall–Kier alpha value is -3.87. The number of carbonyl (C=O) groups excluding carboxylic acids is 1. The van der Waals surface area contributed by atoms with Gasteiger partial charge in [0.25, 0.3) is 5.91 Å². The van der Waals surface area contributed by atoms with Crippen LogP contribution >= 0.6 is 0 Å². The third-order valence-corrected chi connectivity index (χ3v) is 5.43. The van der Waals surface area contributed by atoms with Crippen molar-refractivity contribution < 1.29 is 14.3 Å². The van der Waals surface area contributed by atoms with Crippen LogP contribution in [0.2, 0.25) is 0 Å². The monoisotopic (exact) mass is 414 g/mol. The summed E-state index contributed by atoms with van der Waals surface area (Å²) in [6, 6.07) is 17.1. The number of nitrogens with zero attached hydrogens (tertiary/aromatic N) is 3. The second-order valence-corrected chi connectivity index (χ2v) is 7.52. The molecular formula is C24H22N4O3. The highest BCUT2D eigenvalue weighted by Crippen LogP contribution is 2.42. The molecule has 1 fully saturated rings. The molecule has 1 aliphatic rings. The van der Waals surface area contributed by atoms with Gasteiger partial charge in [-0.25, -0.2) is 9.67 Å². The minimum absolute atomic E-state index is 0.268. The fraction of sp³-hybridized carbons (Fsp3) is 0.208. The van der Waals surface area contributed by atoms with E-state index in [1.54, 1.807) is 38.6 Å². The predicted molar refractivity (Wildman–Crippen MR) is 118 cm³/mol. The summed E-state index contributed by atoms with van der Waals surface area (Å²) in [5, 5.41) is 8.66. The molecule has 0 aliphatic heterocycles. The number of pyridine rings is 1. The van der Waals surface area contributed by atoms with Crippen LogP contribution in [-0.2, 0) is 0 Å². The molecule has 5 rings (SSSR count). The van der Waals surface area contributed by atoms with Gasteiger partial charge in [0.2, 0.25) is 0 Å². The van der Waals surface area contributed by atoms with Crippen LogP contribution in [0.1, 0.15) is 34.8 Å². The maximum Gasteiger partial charge on any atom is 0.257 e. The van der Waals surface area contributed by atoms with Gasteiger partial charge in [0.15, 0.2) is 5.65 Å². The van der Waals surface area contributed by atoms with E-state index in [1.165, 1.54) is 0 Å². The fourth-order valence-corrected chi connectivity index (χ4v) is 3.66. The summed E-state index contributed by atoms with van der Waals surface area (Å²) in [5.41, 5.74) is 3.70. The average Bonchev–Trinajstić information content (AvgIpc) is 3.59. The Balaban J connectivity index is 1.53. The van der Waals surface area contributed by atoms with Crippen molar-refractivity contribution in [3.63, 3.8) is 0 Å². The fourth-order valence-electron chi connectivity index (χ4n) is 3.66. The molecule has 1 N–H and O–H groups in total. The van der Waals surface area contributed by atoms with Gasteiger partial charge in [0.1, 0.15) is 11.5 Å². The lowest BCUT2D eigenvalue weighted by Gasteiger charge is -2.12. The Morgan fingerprint density at radius 1 is 1.06 bits per heavy atom. The number of ether oxygens (including phenoxy) is 2. The third-order valence-electron chi connectivity index (χ3n) is 5.43. The van der Waals surface area contributed by atoms with Crippen LogP contribution < -0.4 is 14.8 Å². The number of para-hydroxylation sites is 1. The molecule has 2 aromatic carbocycles. The van der Waals surface area contributed by atoms with Gasteiger partial charge in [-0.05, 0) is 43.2 Å². The molecule has 1 aliphatic carbocycles. The van der Waals surface area contributed by atoms with E-state index in [0.29, 0.717) is 28.7 Å². The summed E-state index contributed by atoms with van der Waals surface area (Å²) in [6.45, 7) is 0. The van der Waals surface area contributed by atoms with Crippen LogP contribution in [0.3, 0.4) is 0 Å². The summed E-state index contributed by atoms with van der Waals surface area (Å²) in [5.74, 6) is 1.34. The largest absolute Gasteiger partial charge is 0.497 e. The molecule has 7 heteroatoms. The predicted octanol–water partition coefficient (Wildman–Crippen LogP) is 4.57. The van der Waals surface area contributed by atoms with Crippen molar-refractivity contribution in [2.45, 2.75) is 18.8 Å². The summed E-state index contributed by atoms with van der Waals surface area (Å²) in [7, 11) is 3.14. The quantitative estimate of drug-likeness (QED) is 0.500. The van der Waals surface area contributed by atoms with E-state index in [1.807, 2.05) is 41.1 Å². The Labute approximate surface area is 179 Å². The highest BCUT2D eigenvalue weighted by molar-refractivity contribution is 6.06. The normalized spacial score (nSPS) is 13.2. The van der Waals surface area contributed by atoms with Gasteiger partial charge in [-0.1, -0.05) is 18.2 Å². The molecule has 1 saturated carbocycles. The third kappa shape index (κ3) is 3.59. The van der Waals surface area contributed by atoms with E-state index < -0.39 is 0 Å². The van der Waals surface area contributed by atoms with Crippen LogP contribution in [0, 0.1) is 0 Å². The number of hydrogen-bond acceptors (Lipinski definition) is 5. The maximum atomic E-state index is 13.0. The molecule has 0 spiro atoms. The number of amides is 1. The van der Waals surface area contributed by atoms with E-state index in [0.717, 1.165) is 35.3 Å². The molecule has 0 bridgehead atoms. The number of anilines is 1. The first kappa shape index (κ1) is 19.1. The standard InChI is InChI=1S/C24H22N4O3/c1-30-18-10-11-21(31-2)20(13-18)26-24(29)16-12-19-22(15-8-9-15)27-28(23(19)25-14-16)17-6-4-3-5-7-17/h3-7,10-15H,8-9H2,1-2H3,(H,26,29). The van der Waals surface area contributed by atoms with Crippen molar-refractivity contribution in [1.82, 2.24) is 14.8 Å². The zero-order chi connectivity index (χ0) is 21.4. The first-order chi connectivity index (χ1) is 15.2. The first-order valence-electron chi connectivity index (χ1n) is 10.2. The van der Waals surface area contributed by atoms with Crippen LogP contribution in [0.4, 0.5) is 5.69 Å². The first-order valence-corrected chi connectivity index (χ1v) is 10.2. The molecule has 2 heterocycles. The average molecular weight is 414 g/mol. The molecule has 156 valence electrons. The number of hydrogen-bond donors (Lipinski definition) is 1. The van der Waals surface area contributed by atoms with Crippen molar-refractivity contribution in [1.29, 1.82) is 0 Å². The lowest BCUT2D eigenvalue weighted by atomic mass is 10.1. The number of carbonyl (C=O) groups is 1. The molecule has 1 amide bonds. The highest BCUT2D eigenvalue weighted by atomic mass is 16.5. The molecule has 4 aromatic rings. The van der Waals surface area contributed by atoms with Crippen molar-refractivity contribution in [3.05, 3.63) is 72.1 Å². The number of nitrogens with one attached hydrogen (secondary N) is 1. The van der Waals surface area contributed by atoms with Crippen molar-refractivity contribution in [2.24, 2.45) is 0 Å². The highest BCUT2D eigenvalue weighted by Gasteiger charge is 2.30. The zero-order valence-electron chi connectivity index (χ0n) is 17.3. The molecule has 0 saturated heterocycles. The van der Waals surface area contributed by atoms with Crippen LogP contribution in [0.15, 0.2) is 60.8 Å². The lowest BCUT2D eigenvalue weighted by Crippen LogP contribution is -2.13. The lowest BCUT2D eigenvalue weighted by molar-refractivity contribution is 0.102. The van der Waals surface area contributed by atoms with E-state index in [4.69, 9.17) is 14.6 Å². The SMILES string of the molecule is COc1ccc(OC)c(NC(=O)c2cnc3c(c2)c(C2CC2)nn3-c2ccccc2)c1. The molecule has 0 unspecified atom stereocenters. The maximum absolute atomic E-state index is 13.0. The van der Waals surface area contributed by atoms with Gasteiger partial charge >= 0.3 is 0 Å².